The number of sulfonamides is 1. The van der Waals surface area contributed by atoms with Crippen molar-refractivity contribution in [2.45, 2.75) is 17.9 Å². The molecule has 2 aromatic rings. The van der Waals surface area contributed by atoms with Gasteiger partial charge in [-0.2, -0.15) is 0 Å². The number of hydrogen-bond acceptors (Lipinski definition) is 4. The van der Waals surface area contributed by atoms with Crippen molar-refractivity contribution in [1.29, 1.82) is 0 Å². The molecule has 22 heavy (non-hydrogen) atoms. The highest BCUT2D eigenvalue weighted by Crippen LogP contribution is 2.15. The Morgan fingerprint density at radius 1 is 1.32 bits per heavy atom. The number of amides is 1. The summed E-state index contributed by atoms with van der Waals surface area (Å²) >= 11 is 0. The molecule has 8 heteroatoms. The van der Waals surface area contributed by atoms with E-state index in [-0.39, 0.29) is 22.5 Å². The lowest BCUT2D eigenvalue weighted by Crippen LogP contribution is -2.28. The van der Waals surface area contributed by atoms with Gasteiger partial charge in [-0.05, 0) is 37.7 Å². The van der Waals surface area contributed by atoms with Crippen molar-refractivity contribution in [2.24, 2.45) is 7.05 Å². The summed E-state index contributed by atoms with van der Waals surface area (Å²) in [6, 6.07) is 4.76. The molecule has 2 N–H and O–H groups in total. The number of nitrogens with one attached hydrogen (secondary N) is 2. The van der Waals surface area contributed by atoms with E-state index in [1.54, 1.807) is 19.4 Å². The zero-order valence-corrected chi connectivity index (χ0v) is 13.4. The van der Waals surface area contributed by atoms with Crippen molar-refractivity contribution in [2.75, 3.05) is 7.05 Å². The Balaban J connectivity index is 2.20. The van der Waals surface area contributed by atoms with E-state index in [1.807, 2.05) is 19.1 Å². The second kappa shape index (κ2) is 6.29. The number of carbonyl (C=O) groups is 1. The van der Waals surface area contributed by atoms with Crippen molar-refractivity contribution in [3.05, 3.63) is 48.0 Å². The first-order valence-electron chi connectivity index (χ1n) is 6.66. The Hall–Kier alpha value is -2.19. The number of aryl methyl sites for hydroxylation is 1. The quantitative estimate of drug-likeness (QED) is 0.852. The Labute approximate surface area is 129 Å². The maximum atomic E-state index is 12.3. The Kier molecular flexibility index (Phi) is 4.62. The molecule has 0 aliphatic carbocycles. The molecule has 0 radical (unpaired) electrons. The standard InChI is InChI=1S/C14H18N4O3S/c1-10(11-4-6-16-7-5-11)17-14(19)13-8-12(9-18(13)3)22(20,21)15-2/h4-10,15H,1-3H3,(H,17,19)/t10-/m0/s1. The highest BCUT2D eigenvalue weighted by Gasteiger charge is 2.20. The van der Waals surface area contributed by atoms with E-state index in [0.717, 1.165) is 5.56 Å². The molecule has 0 aliphatic rings. The lowest BCUT2D eigenvalue weighted by Gasteiger charge is -2.14. The van der Waals surface area contributed by atoms with Crippen molar-refractivity contribution in [1.82, 2.24) is 19.6 Å². The zero-order valence-electron chi connectivity index (χ0n) is 12.6. The Morgan fingerprint density at radius 2 is 1.95 bits per heavy atom. The van der Waals surface area contributed by atoms with Gasteiger partial charge in [0.1, 0.15) is 10.6 Å². The van der Waals surface area contributed by atoms with Gasteiger partial charge < -0.3 is 9.88 Å². The predicted molar refractivity (Wildman–Crippen MR) is 81.8 cm³/mol. The van der Waals surface area contributed by atoms with Gasteiger partial charge in [0.25, 0.3) is 5.91 Å². The fourth-order valence-electron chi connectivity index (χ4n) is 2.03. The summed E-state index contributed by atoms with van der Waals surface area (Å²) in [6.07, 6.45) is 4.70. The molecular formula is C14H18N4O3S. The van der Waals surface area contributed by atoms with Crippen LogP contribution in [-0.4, -0.2) is 30.9 Å². The first-order valence-corrected chi connectivity index (χ1v) is 8.14. The lowest BCUT2D eigenvalue weighted by molar-refractivity contribution is 0.0931. The SMILES string of the molecule is CNS(=O)(=O)c1cc(C(=O)N[C@@H](C)c2ccncc2)n(C)c1. The maximum Gasteiger partial charge on any atom is 0.268 e. The first-order chi connectivity index (χ1) is 10.3. The smallest absolute Gasteiger partial charge is 0.268 e. The Bertz CT molecular complexity index is 769. The predicted octanol–water partition coefficient (Wildman–Crippen LogP) is 0.819. The van der Waals surface area contributed by atoms with Crippen LogP contribution in [0.4, 0.5) is 0 Å². The fourth-order valence-corrected chi connectivity index (χ4v) is 2.83. The highest BCUT2D eigenvalue weighted by molar-refractivity contribution is 7.89. The second-order valence-electron chi connectivity index (χ2n) is 4.86. The number of pyridine rings is 1. The molecule has 0 aromatic carbocycles. The second-order valence-corrected chi connectivity index (χ2v) is 6.74. The van der Waals surface area contributed by atoms with Gasteiger partial charge in [-0.25, -0.2) is 13.1 Å². The summed E-state index contributed by atoms with van der Waals surface area (Å²) in [4.78, 5) is 16.3. The molecule has 0 bridgehead atoms. The molecule has 0 saturated carbocycles. The largest absolute Gasteiger partial charge is 0.345 e. The van der Waals surface area contributed by atoms with Crippen LogP contribution in [0, 0.1) is 0 Å². The topological polar surface area (TPSA) is 93.1 Å². The normalized spacial score (nSPS) is 12.9. The van der Waals surface area contributed by atoms with E-state index in [0.29, 0.717) is 0 Å². The van der Waals surface area contributed by atoms with Gasteiger partial charge in [-0.1, -0.05) is 0 Å². The number of rotatable bonds is 5. The molecule has 7 nitrogen and oxygen atoms in total. The molecule has 0 spiro atoms. The summed E-state index contributed by atoms with van der Waals surface area (Å²) in [5.41, 5.74) is 1.19. The van der Waals surface area contributed by atoms with Crippen LogP contribution in [0.15, 0.2) is 41.7 Å². The molecule has 2 aromatic heterocycles. The third kappa shape index (κ3) is 3.34. The monoisotopic (exact) mass is 322 g/mol. The van der Waals surface area contributed by atoms with E-state index in [1.165, 1.54) is 23.9 Å². The summed E-state index contributed by atoms with van der Waals surface area (Å²) in [5, 5.41) is 2.83. The number of hydrogen-bond donors (Lipinski definition) is 2. The van der Waals surface area contributed by atoms with Crippen LogP contribution in [0.5, 0.6) is 0 Å². The molecule has 0 fully saturated rings. The lowest BCUT2D eigenvalue weighted by atomic mass is 10.1. The molecule has 2 rings (SSSR count). The average Bonchev–Trinajstić information content (AvgIpc) is 2.91. The van der Waals surface area contributed by atoms with E-state index in [9.17, 15) is 13.2 Å². The minimum atomic E-state index is -3.57. The van der Waals surface area contributed by atoms with Gasteiger partial charge in [0.15, 0.2) is 0 Å². The maximum absolute atomic E-state index is 12.3. The number of aromatic nitrogens is 2. The third-order valence-corrected chi connectivity index (χ3v) is 4.73. The van der Waals surface area contributed by atoms with Gasteiger partial charge in [0.2, 0.25) is 10.0 Å². The van der Waals surface area contributed by atoms with Crippen LogP contribution < -0.4 is 10.0 Å². The first kappa shape index (κ1) is 16.2. The van der Waals surface area contributed by atoms with E-state index >= 15 is 0 Å². The number of nitrogens with zero attached hydrogens (tertiary/aromatic N) is 2. The van der Waals surface area contributed by atoms with Crippen molar-refractivity contribution < 1.29 is 13.2 Å². The van der Waals surface area contributed by atoms with Gasteiger partial charge in [-0.15, -0.1) is 0 Å². The Morgan fingerprint density at radius 3 is 2.55 bits per heavy atom. The van der Waals surface area contributed by atoms with Gasteiger partial charge in [-0.3, -0.25) is 9.78 Å². The van der Waals surface area contributed by atoms with Gasteiger partial charge in [0, 0.05) is 25.6 Å². The fraction of sp³-hybridized carbons (Fsp3) is 0.286. The molecule has 1 atom stereocenters. The van der Waals surface area contributed by atoms with Crippen LogP contribution in [0.3, 0.4) is 0 Å². The van der Waals surface area contributed by atoms with Crippen molar-refractivity contribution in [3.8, 4) is 0 Å². The summed E-state index contributed by atoms with van der Waals surface area (Å²) in [5.74, 6) is -0.343. The van der Waals surface area contributed by atoms with Crippen LogP contribution in [0.25, 0.3) is 0 Å². The molecule has 1 amide bonds. The van der Waals surface area contributed by atoms with E-state index in [4.69, 9.17) is 0 Å². The minimum Gasteiger partial charge on any atom is -0.345 e. The summed E-state index contributed by atoms with van der Waals surface area (Å²) < 4.78 is 27.2. The zero-order chi connectivity index (χ0) is 16.3. The summed E-state index contributed by atoms with van der Waals surface area (Å²) in [7, 11) is -0.620. The van der Waals surface area contributed by atoms with Crippen LogP contribution in [0.1, 0.15) is 29.0 Å². The van der Waals surface area contributed by atoms with Crippen LogP contribution >= 0.6 is 0 Å². The molecule has 118 valence electrons. The van der Waals surface area contributed by atoms with Crippen LogP contribution in [0.2, 0.25) is 0 Å². The molecular weight excluding hydrogens is 304 g/mol. The van der Waals surface area contributed by atoms with E-state index in [2.05, 4.69) is 15.0 Å². The van der Waals surface area contributed by atoms with Crippen LogP contribution in [-0.2, 0) is 17.1 Å². The van der Waals surface area contributed by atoms with Crippen molar-refractivity contribution >= 4 is 15.9 Å². The van der Waals surface area contributed by atoms with Gasteiger partial charge in [0.05, 0.1) is 6.04 Å². The van der Waals surface area contributed by atoms with E-state index < -0.39 is 10.0 Å². The third-order valence-electron chi connectivity index (χ3n) is 3.35. The summed E-state index contributed by atoms with van der Waals surface area (Å²) in [6.45, 7) is 1.85. The highest BCUT2D eigenvalue weighted by atomic mass is 32.2. The average molecular weight is 322 g/mol. The van der Waals surface area contributed by atoms with Gasteiger partial charge >= 0.3 is 0 Å². The molecule has 0 aliphatic heterocycles. The molecule has 2 heterocycles. The number of carbonyl (C=O) groups excluding carboxylic acids is 1. The molecule has 0 unspecified atom stereocenters. The van der Waals surface area contributed by atoms with Crippen molar-refractivity contribution in [3.63, 3.8) is 0 Å². The molecule has 0 saturated heterocycles. The minimum absolute atomic E-state index is 0.0548.